The summed E-state index contributed by atoms with van der Waals surface area (Å²) in [6.07, 6.45) is 2.34. The maximum Gasteiger partial charge on any atom is 0.162 e. The predicted molar refractivity (Wildman–Crippen MR) is 65.9 cm³/mol. The van der Waals surface area contributed by atoms with E-state index in [-0.39, 0.29) is 5.78 Å². The fraction of sp³-hybridized carbons (Fsp3) is 0.231. The number of fused-ring (bicyclic) bond motifs is 1. The lowest BCUT2D eigenvalue weighted by Gasteiger charge is -2.04. The molecule has 1 aromatic heterocycles. The van der Waals surface area contributed by atoms with Crippen LogP contribution in [0.1, 0.15) is 23.7 Å². The van der Waals surface area contributed by atoms with E-state index >= 15 is 0 Å². The molecule has 0 radical (unpaired) electrons. The standard InChI is InChI=1S/C13H14N2O/c1-3-12(16)9-4-5-10-8-15-13(14-2)7-11(10)6-9/h4-8H,3H2,1-2H3,(H,14,15). The second-order valence-corrected chi connectivity index (χ2v) is 3.66. The molecule has 0 atom stereocenters. The molecule has 0 saturated heterocycles. The molecule has 0 aliphatic carbocycles. The Balaban J connectivity index is 2.54. The number of carbonyl (C=O) groups is 1. The van der Waals surface area contributed by atoms with E-state index in [1.807, 2.05) is 38.2 Å². The number of hydrogen-bond donors (Lipinski definition) is 1. The van der Waals surface area contributed by atoms with Crippen molar-refractivity contribution in [2.45, 2.75) is 13.3 Å². The van der Waals surface area contributed by atoms with Gasteiger partial charge in [0, 0.05) is 30.6 Å². The quantitative estimate of drug-likeness (QED) is 0.799. The van der Waals surface area contributed by atoms with E-state index in [1.54, 1.807) is 6.20 Å². The molecule has 1 heterocycles. The van der Waals surface area contributed by atoms with E-state index in [2.05, 4.69) is 10.3 Å². The molecule has 2 aromatic rings. The molecule has 1 aromatic carbocycles. The number of anilines is 1. The number of pyridine rings is 1. The Morgan fingerprint density at radius 1 is 1.31 bits per heavy atom. The summed E-state index contributed by atoms with van der Waals surface area (Å²) < 4.78 is 0. The Morgan fingerprint density at radius 3 is 2.81 bits per heavy atom. The van der Waals surface area contributed by atoms with Crippen LogP contribution in [0.4, 0.5) is 5.82 Å². The van der Waals surface area contributed by atoms with E-state index in [9.17, 15) is 4.79 Å². The minimum absolute atomic E-state index is 0.171. The number of ketones is 1. The van der Waals surface area contributed by atoms with Crippen molar-refractivity contribution >= 4 is 22.4 Å². The lowest BCUT2D eigenvalue weighted by atomic mass is 10.0. The van der Waals surface area contributed by atoms with Crippen molar-refractivity contribution in [2.24, 2.45) is 0 Å². The highest BCUT2D eigenvalue weighted by Gasteiger charge is 2.04. The molecule has 0 amide bonds. The van der Waals surface area contributed by atoms with Gasteiger partial charge >= 0.3 is 0 Å². The molecule has 0 fully saturated rings. The van der Waals surface area contributed by atoms with Crippen molar-refractivity contribution in [3.63, 3.8) is 0 Å². The molecule has 0 aliphatic rings. The van der Waals surface area contributed by atoms with Crippen LogP contribution in [0.5, 0.6) is 0 Å². The molecule has 2 rings (SSSR count). The molecule has 3 heteroatoms. The first-order chi connectivity index (χ1) is 7.74. The summed E-state index contributed by atoms with van der Waals surface area (Å²) in [5.74, 6) is 0.985. The summed E-state index contributed by atoms with van der Waals surface area (Å²) in [5, 5.41) is 5.07. The summed E-state index contributed by atoms with van der Waals surface area (Å²) in [4.78, 5) is 15.8. The highest BCUT2D eigenvalue weighted by atomic mass is 16.1. The largest absolute Gasteiger partial charge is 0.373 e. The van der Waals surface area contributed by atoms with Crippen LogP contribution in [0.15, 0.2) is 30.5 Å². The number of Topliss-reactive ketones (excluding diaryl/α,β-unsaturated/α-hetero) is 1. The molecular weight excluding hydrogens is 200 g/mol. The van der Waals surface area contributed by atoms with Gasteiger partial charge < -0.3 is 5.32 Å². The van der Waals surface area contributed by atoms with Crippen molar-refractivity contribution in [3.8, 4) is 0 Å². The summed E-state index contributed by atoms with van der Waals surface area (Å²) in [5.41, 5.74) is 0.767. The molecule has 0 bridgehead atoms. The van der Waals surface area contributed by atoms with Crippen molar-refractivity contribution in [3.05, 3.63) is 36.0 Å². The fourth-order valence-electron chi connectivity index (χ4n) is 1.66. The van der Waals surface area contributed by atoms with Gasteiger partial charge in [-0.05, 0) is 17.5 Å². The van der Waals surface area contributed by atoms with Crippen molar-refractivity contribution in [1.82, 2.24) is 4.98 Å². The number of nitrogens with zero attached hydrogens (tertiary/aromatic N) is 1. The molecule has 16 heavy (non-hydrogen) atoms. The third-order valence-electron chi connectivity index (χ3n) is 2.62. The van der Waals surface area contributed by atoms with E-state index in [0.29, 0.717) is 6.42 Å². The predicted octanol–water partition coefficient (Wildman–Crippen LogP) is 2.87. The van der Waals surface area contributed by atoms with Crippen LogP contribution >= 0.6 is 0 Å². The van der Waals surface area contributed by atoms with Crippen LogP contribution in [0.2, 0.25) is 0 Å². The number of aromatic nitrogens is 1. The van der Waals surface area contributed by atoms with E-state index in [4.69, 9.17) is 0 Å². The second kappa shape index (κ2) is 4.31. The van der Waals surface area contributed by atoms with Gasteiger partial charge in [0.25, 0.3) is 0 Å². The topological polar surface area (TPSA) is 42.0 Å². The molecule has 82 valence electrons. The first kappa shape index (κ1) is 10.6. The van der Waals surface area contributed by atoms with Gasteiger partial charge in [-0.25, -0.2) is 4.98 Å². The Bertz CT molecular complexity index is 534. The summed E-state index contributed by atoms with van der Waals surface area (Å²) in [6.45, 7) is 1.87. The zero-order chi connectivity index (χ0) is 11.5. The van der Waals surface area contributed by atoms with E-state index in [0.717, 1.165) is 22.2 Å². The van der Waals surface area contributed by atoms with Crippen LogP contribution in [0, 0.1) is 0 Å². The minimum atomic E-state index is 0.171. The van der Waals surface area contributed by atoms with Gasteiger partial charge in [0.05, 0.1) is 0 Å². The van der Waals surface area contributed by atoms with Gasteiger partial charge in [-0.2, -0.15) is 0 Å². The summed E-state index contributed by atoms with van der Waals surface area (Å²) in [7, 11) is 1.83. The molecule has 1 N–H and O–H groups in total. The van der Waals surface area contributed by atoms with Gasteiger partial charge in [-0.15, -0.1) is 0 Å². The maximum absolute atomic E-state index is 11.6. The molecule has 0 unspecified atom stereocenters. The maximum atomic E-state index is 11.6. The summed E-state index contributed by atoms with van der Waals surface area (Å²) in [6, 6.07) is 7.66. The number of rotatable bonds is 3. The average Bonchev–Trinajstić information content (AvgIpc) is 2.36. The molecule has 0 aliphatic heterocycles. The molecular formula is C13H14N2O. The first-order valence-electron chi connectivity index (χ1n) is 5.35. The van der Waals surface area contributed by atoms with Gasteiger partial charge in [0.2, 0.25) is 0 Å². The molecule has 0 spiro atoms. The highest BCUT2D eigenvalue weighted by molar-refractivity contribution is 5.99. The van der Waals surface area contributed by atoms with Gasteiger partial charge in [-0.1, -0.05) is 19.1 Å². The van der Waals surface area contributed by atoms with Crippen LogP contribution < -0.4 is 5.32 Å². The first-order valence-corrected chi connectivity index (χ1v) is 5.35. The highest BCUT2D eigenvalue weighted by Crippen LogP contribution is 2.18. The van der Waals surface area contributed by atoms with Crippen LogP contribution in [-0.4, -0.2) is 17.8 Å². The zero-order valence-electron chi connectivity index (χ0n) is 9.45. The van der Waals surface area contributed by atoms with E-state index in [1.165, 1.54) is 0 Å². The number of hydrogen-bond acceptors (Lipinski definition) is 3. The lowest BCUT2D eigenvalue weighted by Crippen LogP contribution is -1.96. The Hall–Kier alpha value is -1.90. The normalized spacial score (nSPS) is 10.4. The smallest absolute Gasteiger partial charge is 0.162 e. The number of benzene rings is 1. The summed E-state index contributed by atoms with van der Waals surface area (Å²) >= 11 is 0. The fourth-order valence-corrected chi connectivity index (χ4v) is 1.66. The number of nitrogens with one attached hydrogen (secondary N) is 1. The Kier molecular flexibility index (Phi) is 2.86. The van der Waals surface area contributed by atoms with Crippen LogP contribution in [-0.2, 0) is 0 Å². The van der Waals surface area contributed by atoms with Crippen LogP contribution in [0.3, 0.4) is 0 Å². The average molecular weight is 214 g/mol. The SMILES string of the molecule is CCC(=O)c1ccc2cnc(NC)cc2c1. The Labute approximate surface area is 94.5 Å². The number of carbonyl (C=O) groups excluding carboxylic acids is 1. The van der Waals surface area contributed by atoms with Gasteiger partial charge in [0.1, 0.15) is 5.82 Å². The minimum Gasteiger partial charge on any atom is -0.373 e. The molecule has 0 saturated carbocycles. The monoisotopic (exact) mass is 214 g/mol. The van der Waals surface area contributed by atoms with Crippen molar-refractivity contribution < 1.29 is 4.79 Å². The lowest BCUT2D eigenvalue weighted by molar-refractivity contribution is 0.0988. The van der Waals surface area contributed by atoms with E-state index < -0.39 is 0 Å². The van der Waals surface area contributed by atoms with Crippen molar-refractivity contribution in [2.75, 3.05) is 12.4 Å². The van der Waals surface area contributed by atoms with Gasteiger partial charge in [-0.3, -0.25) is 4.79 Å². The Morgan fingerprint density at radius 2 is 2.12 bits per heavy atom. The van der Waals surface area contributed by atoms with Gasteiger partial charge in [0.15, 0.2) is 5.78 Å². The second-order valence-electron chi connectivity index (χ2n) is 3.66. The van der Waals surface area contributed by atoms with Crippen LogP contribution in [0.25, 0.3) is 10.8 Å². The molecule has 3 nitrogen and oxygen atoms in total. The van der Waals surface area contributed by atoms with Crippen molar-refractivity contribution in [1.29, 1.82) is 0 Å². The third-order valence-corrected chi connectivity index (χ3v) is 2.62. The zero-order valence-corrected chi connectivity index (χ0v) is 9.45. The third kappa shape index (κ3) is 1.89.